The van der Waals surface area contributed by atoms with E-state index >= 15 is 0 Å². The normalized spacial score (nSPS) is 16.8. The van der Waals surface area contributed by atoms with Crippen LogP contribution in [0.15, 0.2) is 92.9 Å². The summed E-state index contributed by atoms with van der Waals surface area (Å²) >= 11 is 7.10. The molecular formula is C21H16Br2N2. The van der Waals surface area contributed by atoms with Gasteiger partial charge in [0, 0.05) is 15.4 Å². The number of hydrogen-bond acceptors (Lipinski definition) is 2. The van der Waals surface area contributed by atoms with E-state index in [0.717, 1.165) is 26.8 Å². The lowest BCUT2D eigenvalue weighted by molar-refractivity contribution is 0.708. The van der Waals surface area contributed by atoms with Crippen LogP contribution in [0.4, 0.5) is 5.69 Å². The summed E-state index contributed by atoms with van der Waals surface area (Å²) in [6.45, 7) is 0. The Labute approximate surface area is 164 Å². The van der Waals surface area contributed by atoms with Crippen LogP contribution in [0.2, 0.25) is 0 Å². The Hall–Kier alpha value is -1.91. The average Bonchev–Trinajstić information content (AvgIpc) is 3.08. The molecular weight excluding hydrogens is 440 g/mol. The van der Waals surface area contributed by atoms with Gasteiger partial charge < -0.3 is 0 Å². The van der Waals surface area contributed by atoms with Gasteiger partial charge in [-0.3, -0.25) is 5.01 Å². The number of benzene rings is 3. The molecule has 3 aromatic carbocycles. The van der Waals surface area contributed by atoms with Gasteiger partial charge >= 0.3 is 0 Å². The Balaban J connectivity index is 1.76. The summed E-state index contributed by atoms with van der Waals surface area (Å²) in [6.07, 6.45) is 0.887. The van der Waals surface area contributed by atoms with Crippen LogP contribution in [0, 0.1) is 0 Å². The summed E-state index contributed by atoms with van der Waals surface area (Å²) in [5, 5.41) is 7.10. The molecule has 0 fully saturated rings. The first-order valence-corrected chi connectivity index (χ1v) is 9.72. The zero-order valence-electron chi connectivity index (χ0n) is 13.4. The number of nitrogens with zero attached hydrogens (tertiary/aromatic N) is 2. The molecule has 2 nitrogen and oxygen atoms in total. The van der Waals surface area contributed by atoms with Crippen LogP contribution in [0.5, 0.6) is 0 Å². The summed E-state index contributed by atoms with van der Waals surface area (Å²) in [5.41, 5.74) is 4.65. The number of rotatable bonds is 3. The third-order valence-corrected chi connectivity index (χ3v) is 5.37. The van der Waals surface area contributed by atoms with Crippen molar-refractivity contribution in [2.75, 3.05) is 5.01 Å². The Morgan fingerprint density at radius 2 is 1.56 bits per heavy atom. The fraction of sp³-hybridized carbons (Fsp3) is 0.0952. The Morgan fingerprint density at radius 1 is 0.800 bits per heavy atom. The van der Waals surface area contributed by atoms with Crippen molar-refractivity contribution in [3.63, 3.8) is 0 Å². The molecule has 0 unspecified atom stereocenters. The second-order valence-corrected chi connectivity index (χ2v) is 7.84. The van der Waals surface area contributed by atoms with Gasteiger partial charge in [0.1, 0.15) is 0 Å². The monoisotopic (exact) mass is 454 g/mol. The molecule has 0 spiro atoms. The Morgan fingerprint density at radius 3 is 2.28 bits per heavy atom. The number of hydrazone groups is 1. The topological polar surface area (TPSA) is 15.6 Å². The zero-order valence-corrected chi connectivity index (χ0v) is 16.6. The quantitative estimate of drug-likeness (QED) is 0.436. The molecule has 0 bridgehead atoms. The number of halogens is 2. The fourth-order valence-corrected chi connectivity index (χ4v) is 3.77. The van der Waals surface area contributed by atoms with Crippen molar-refractivity contribution < 1.29 is 0 Å². The van der Waals surface area contributed by atoms with Crippen molar-refractivity contribution in [3.8, 4) is 0 Å². The standard InChI is InChI=1S/C21H16Br2N2/c22-17-11-9-16(10-12-17)21-14-20(15-5-2-1-3-6-15)24-25(21)19-8-4-7-18(23)13-19/h1-13,21H,14H2/t21-/m1/s1. The lowest BCUT2D eigenvalue weighted by Gasteiger charge is -2.24. The van der Waals surface area contributed by atoms with E-state index in [1.54, 1.807) is 0 Å². The van der Waals surface area contributed by atoms with Crippen LogP contribution in [0.3, 0.4) is 0 Å². The largest absolute Gasteiger partial charge is 0.257 e. The highest BCUT2D eigenvalue weighted by atomic mass is 79.9. The molecule has 0 aliphatic carbocycles. The maximum Gasteiger partial charge on any atom is 0.0831 e. The number of hydrogen-bond donors (Lipinski definition) is 0. The first-order valence-electron chi connectivity index (χ1n) is 8.14. The third-order valence-electron chi connectivity index (χ3n) is 4.34. The van der Waals surface area contributed by atoms with Gasteiger partial charge in [-0.25, -0.2) is 0 Å². The summed E-state index contributed by atoms with van der Waals surface area (Å²) < 4.78 is 2.15. The average molecular weight is 456 g/mol. The van der Waals surface area contributed by atoms with E-state index in [9.17, 15) is 0 Å². The lowest BCUT2D eigenvalue weighted by Crippen LogP contribution is -2.18. The third kappa shape index (κ3) is 3.55. The summed E-state index contributed by atoms with van der Waals surface area (Å²) in [5.74, 6) is 0. The molecule has 4 rings (SSSR count). The highest BCUT2D eigenvalue weighted by molar-refractivity contribution is 9.10. The van der Waals surface area contributed by atoms with Crippen molar-refractivity contribution in [1.29, 1.82) is 0 Å². The van der Waals surface area contributed by atoms with E-state index in [2.05, 4.69) is 97.5 Å². The van der Waals surface area contributed by atoms with Crippen LogP contribution in [-0.4, -0.2) is 5.71 Å². The predicted octanol–water partition coefficient (Wildman–Crippen LogP) is 6.57. The minimum atomic E-state index is 0.192. The van der Waals surface area contributed by atoms with Crippen molar-refractivity contribution in [2.24, 2.45) is 5.10 Å². The highest BCUT2D eigenvalue weighted by Gasteiger charge is 2.29. The van der Waals surface area contributed by atoms with Crippen molar-refractivity contribution in [3.05, 3.63) is 98.9 Å². The first kappa shape index (κ1) is 16.6. The van der Waals surface area contributed by atoms with Gasteiger partial charge in [0.05, 0.1) is 17.4 Å². The first-order chi connectivity index (χ1) is 12.2. The second kappa shape index (κ2) is 7.14. The van der Waals surface area contributed by atoms with Gasteiger partial charge in [-0.15, -0.1) is 0 Å². The SMILES string of the molecule is Brc1ccc([C@H]2CC(c3ccccc3)=NN2c2cccc(Br)c2)cc1. The molecule has 1 aliphatic rings. The van der Waals surface area contributed by atoms with Crippen LogP contribution < -0.4 is 5.01 Å². The minimum Gasteiger partial charge on any atom is -0.257 e. The van der Waals surface area contributed by atoms with E-state index in [1.807, 2.05) is 18.2 Å². The Bertz CT molecular complexity index is 905. The van der Waals surface area contributed by atoms with Gasteiger partial charge in [0.15, 0.2) is 0 Å². The summed E-state index contributed by atoms with van der Waals surface area (Å²) in [6, 6.07) is 27.4. The lowest BCUT2D eigenvalue weighted by atomic mass is 9.98. The van der Waals surface area contributed by atoms with Gasteiger partial charge in [0.25, 0.3) is 0 Å². The van der Waals surface area contributed by atoms with E-state index in [1.165, 1.54) is 11.1 Å². The van der Waals surface area contributed by atoms with Crippen LogP contribution in [-0.2, 0) is 0 Å². The second-order valence-electron chi connectivity index (χ2n) is 6.01. The molecule has 25 heavy (non-hydrogen) atoms. The van der Waals surface area contributed by atoms with Crippen LogP contribution in [0.1, 0.15) is 23.6 Å². The van der Waals surface area contributed by atoms with Gasteiger partial charge in [-0.05, 0) is 41.5 Å². The van der Waals surface area contributed by atoms with E-state index in [-0.39, 0.29) is 6.04 Å². The maximum atomic E-state index is 4.97. The Kier molecular flexibility index (Phi) is 4.73. The molecule has 1 heterocycles. The summed E-state index contributed by atoms with van der Waals surface area (Å²) in [7, 11) is 0. The molecule has 3 aromatic rings. The molecule has 0 amide bonds. The van der Waals surface area contributed by atoms with Gasteiger partial charge in [-0.1, -0.05) is 80.4 Å². The zero-order chi connectivity index (χ0) is 17.2. The van der Waals surface area contributed by atoms with E-state index < -0.39 is 0 Å². The van der Waals surface area contributed by atoms with Gasteiger partial charge in [-0.2, -0.15) is 5.10 Å². The molecule has 1 aliphatic heterocycles. The molecule has 4 heteroatoms. The van der Waals surface area contributed by atoms with Crippen molar-refractivity contribution in [1.82, 2.24) is 0 Å². The van der Waals surface area contributed by atoms with E-state index in [0.29, 0.717) is 0 Å². The van der Waals surface area contributed by atoms with Crippen LogP contribution in [0.25, 0.3) is 0 Å². The predicted molar refractivity (Wildman–Crippen MR) is 111 cm³/mol. The van der Waals surface area contributed by atoms with Crippen molar-refractivity contribution in [2.45, 2.75) is 12.5 Å². The molecule has 0 saturated carbocycles. The summed E-state index contributed by atoms with van der Waals surface area (Å²) in [4.78, 5) is 0. The molecule has 0 radical (unpaired) electrons. The fourth-order valence-electron chi connectivity index (χ4n) is 3.12. The maximum absolute atomic E-state index is 4.97. The molecule has 0 aromatic heterocycles. The van der Waals surface area contributed by atoms with Crippen molar-refractivity contribution >= 4 is 43.3 Å². The van der Waals surface area contributed by atoms with Gasteiger partial charge in [0.2, 0.25) is 0 Å². The van der Waals surface area contributed by atoms with E-state index in [4.69, 9.17) is 5.10 Å². The number of anilines is 1. The molecule has 0 saturated heterocycles. The minimum absolute atomic E-state index is 0.192. The smallest absolute Gasteiger partial charge is 0.0831 e. The molecule has 1 atom stereocenters. The molecule has 124 valence electrons. The van der Waals surface area contributed by atoms with Crippen LogP contribution >= 0.6 is 31.9 Å². The highest BCUT2D eigenvalue weighted by Crippen LogP contribution is 2.37. The molecule has 0 N–H and O–H groups in total.